The molecule has 1 unspecified atom stereocenters. The fourth-order valence-electron chi connectivity index (χ4n) is 4.57. The summed E-state index contributed by atoms with van der Waals surface area (Å²) >= 11 is 0. The Morgan fingerprint density at radius 3 is 2.55 bits per heavy atom. The molecule has 2 aliphatic rings. The predicted octanol–water partition coefficient (Wildman–Crippen LogP) is 3.19. The SMILES string of the molecule is CC(C)c1ccc(C2CC(=O)c3cnc4nc(N5CCOCC5)[nH]c(=O)c4c3C2)cc1. The summed E-state index contributed by atoms with van der Waals surface area (Å²) in [6, 6.07) is 8.49. The molecule has 1 aliphatic heterocycles. The summed E-state index contributed by atoms with van der Waals surface area (Å²) < 4.78 is 5.38. The average Bonchev–Trinajstić information content (AvgIpc) is 2.79. The number of aromatic amines is 1. The molecule has 1 N–H and O–H groups in total. The molecule has 0 saturated carbocycles. The molecule has 2 aromatic heterocycles. The Labute approximate surface area is 180 Å². The first-order chi connectivity index (χ1) is 15.0. The van der Waals surface area contributed by atoms with Gasteiger partial charge < -0.3 is 9.64 Å². The number of pyridine rings is 1. The highest BCUT2D eigenvalue weighted by molar-refractivity contribution is 6.02. The molecule has 1 fully saturated rings. The second-order valence-electron chi connectivity index (χ2n) is 8.69. The molecule has 160 valence electrons. The van der Waals surface area contributed by atoms with Crippen molar-refractivity contribution in [1.82, 2.24) is 15.0 Å². The first kappa shape index (κ1) is 19.9. The molecular weight excluding hydrogens is 392 g/mol. The van der Waals surface area contributed by atoms with Gasteiger partial charge in [-0.25, -0.2) is 4.98 Å². The largest absolute Gasteiger partial charge is 0.378 e. The van der Waals surface area contributed by atoms with Crippen molar-refractivity contribution in [2.75, 3.05) is 31.2 Å². The Bertz CT molecular complexity index is 1190. The number of carbonyl (C=O) groups excluding carboxylic acids is 1. The van der Waals surface area contributed by atoms with E-state index in [1.54, 1.807) is 6.20 Å². The number of hydrogen-bond acceptors (Lipinski definition) is 6. The number of H-pyrrole nitrogens is 1. The second kappa shape index (κ2) is 7.89. The monoisotopic (exact) mass is 418 g/mol. The zero-order valence-electron chi connectivity index (χ0n) is 17.9. The highest BCUT2D eigenvalue weighted by atomic mass is 16.5. The van der Waals surface area contributed by atoms with Crippen LogP contribution in [0.25, 0.3) is 11.0 Å². The van der Waals surface area contributed by atoms with Crippen LogP contribution in [0.2, 0.25) is 0 Å². The van der Waals surface area contributed by atoms with Crippen LogP contribution in [0.15, 0.2) is 35.3 Å². The minimum Gasteiger partial charge on any atom is -0.378 e. The molecule has 5 rings (SSSR count). The zero-order chi connectivity index (χ0) is 21.5. The number of aromatic nitrogens is 3. The number of ether oxygens (including phenoxy) is 1. The van der Waals surface area contributed by atoms with Crippen molar-refractivity contribution in [3.63, 3.8) is 0 Å². The quantitative estimate of drug-likeness (QED) is 0.703. The fraction of sp³-hybridized carbons (Fsp3) is 0.417. The van der Waals surface area contributed by atoms with Crippen molar-refractivity contribution >= 4 is 22.8 Å². The van der Waals surface area contributed by atoms with Gasteiger partial charge in [0.1, 0.15) is 0 Å². The Morgan fingerprint density at radius 1 is 1.10 bits per heavy atom. The van der Waals surface area contributed by atoms with Crippen LogP contribution in [-0.4, -0.2) is 47.0 Å². The molecule has 3 aromatic rings. The van der Waals surface area contributed by atoms with Gasteiger partial charge in [0.25, 0.3) is 5.56 Å². The highest BCUT2D eigenvalue weighted by Gasteiger charge is 2.30. The van der Waals surface area contributed by atoms with Gasteiger partial charge in [0.05, 0.1) is 18.6 Å². The summed E-state index contributed by atoms with van der Waals surface area (Å²) in [7, 11) is 0. The Kier molecular flexibility index (Phi) is 5.06. The first-order valence-electron chi connectivity index (χ1n) is 10.9. The summed E-state index contributed by atoms with van der Waals surface area (Å²) in [5.74, 6) is 1.05. The Balaban J connectivity index is 1.54. The molecule has 3 heterocycles. The minimum absolute atomic E-state index is 0.0326. The highest BCUT2D eigenvalue weighted by Crippen LogP contribution is 2.35. The number of carbonyl (C=O) groups is 1. The molecule has 1 aliphatic carbocycles. The van der Waals surface area contributed by atoms with E-state index in [1.165, 1.54) is 5.56 Å². The third kappa shape index (κ3) is 3.63. The number of Topliss-reactive ketones (excluding diaryl/α,β-unsaturated/α-hetero) is 1. The summed E-state index contributed by atoms with van der Waals surface area (Å²) in [6.07, 6.45) is 2.65. The summed E-state index contributed by atoms with van der Waals surface area (Å²) in [6.45, 7) is 6.88. The van der Waals surface area contributed by atoms with Crippen molar-refractivity contribution in [1.29, 1.82) is 0 Å². The van der Waals surface area contributed by atoms with Gasteiger partial charge in [-0.05, 0) is 34.9 Å². The molecular formula is C24H26N4O3. The first-order valence-corrected chi connectivity index (χ1v) is 10.9. The minimum atomic E-state index is -0.237. The fourth-order valence-corrected chi connectivity index (χ4v) is 4.57. The van der Waals surface area contributed by atoms with Crippen LogP contribution in [0.1, 0.15) is 59.2 Å². The molecule has 7 heteroatoms. The molecule has 1 atom stereocenters. The molecule has 0 bridgehead atoms. The van der Waals surface area contributed by atoms with E-state index < -0.39 is 0 Å². The molecule has 1 aromatic carbocycles. The number of anilines is 1. The van der Waals surface area contributed by atoms with Gasteiger partial charge in [-0.3, -0.25) is 14.6 Å². The van der Waals surface area contributed by atoms with Crippen molar-refractivity contribution in [2.24, 2.45) is 0 Å². The average molecular weight is 418 g/mol. The van der Waals surface area contributed by atoms with Crippen LogP contribution in [0.3, 0.4) is 0 Å². The number of morpholine rings is 1. The van der Waals surface area contributed by atoms with E-state index in [-0.39, 0.29) is 17.3 Å². The van der Waals surface area contributed by atoms with Crippen molar-refractivity contribution < 1.29 is 9.53 Å². The van der Waals surface area contributed by atoms with E-state index in [0.717, 1.165) is 11.1 Å². The predicted molar refractivity (Wildman–Crippen MR) is 119 cm³/mol. The van der Waals surface area contributed by atoms with Crippen molar-refractivity contribution in [3.05, 3.63) is 63.1 Å². The van der Waals surface area contributed by atoms with E-state index in [0.29, 0.717) is 67.6 Å². The summed E-state index contributed by atoms with van der Waals surface area (Å²) in [5, 5.41) is 0.436. The van der Waals surface area contributed by atoms with E-state index in [4.69, 9.17) is 4.74 Å². The van der Waals surface area contributed by atoms with Crippen LogP contribution in [0.5, 0.6) is 0 Å². The normalized spacial score (nSPS) is 19.1. The lowest BCUT2D eigenvalue weighted by Crippen LogP contribution is -2.38. The number of fused-ring (bicyclic) bond motifs is 3. The van der Waals surface area contributed by atoms with Crippen LogP contribution in [0, 0.1) is 0 Å². The number of nitrogens with zero attached hydrogens (tertiary/aromatic N) is 3. The van der Waals surface area contributed by atoms with E-state index >= 15 is 0 Å². The van der Waals surface area contributed by atoms with Crippen LogP contribution in [0.4, 0.5) is 5.95 Å². The third-order valence-electron chi connectivity index (χ3n) is 6.40. The van der Waals surface area contributed by atoms with E-state index in [2.05, 4.69) is 53.1 Å². The lowest BCUT2D eigenvalue weighted by Gasteiger charge is -2.28. The lowest BCUT2D eigenvalue weighted by atomic mass is 9.79. The molecule has 31 heavy (non-hydrogen) atoms. The van der Waals surface area contributed by atoms with Gasteiger partial charge in [-0.2, -0.15) is 4.98 Å². The van der Waals surface area contributed by atoms with Crippen LogP contribution >= 0.6 is 0 Å². The van der Waals surface area contributed by atoms with Crippen LogP contribution < -0.4 is 10.5 Å². The third-order valence-corrected chi connectivity index (χ3v) is 6.40. The molecule has 0 radical (unpaired) electrons. The van der Waals surface area contributed by atoms with Crippen LogP contribution in [-0.2, 0) is 11.2 Å². The molecule has 0 spiro atoms. The number of hydrogen-bond donors (Lipinski definition) is 1. The maximum absolute atomic E-state index is 13.1. The maximum Gasteiger partial charge on any atom is 0.262 e. The van der Waals surface area contributed by atoms with Gasteiger partial charge in [-0.1, -0.05) is 38.1 Å². The lowest BCUT2D eigenvalue weighted by molar-refractivity contribution is 0.0964. The number of nitrogens with one attached hydrogen (secondary N) is 1. The Morgan fingerprint density at radius 2 is 1.84 bits per heavy atom. The second-order valence-corrected chi connectivity index (χ2v) is 8.69. The Hall–Kier alpha value is -3.06. The standard InChI is InChI=1S/C24H26N4O3/c1-14(2)15-3-5-16(6-4-15)17-11-18-19(20(29)12-17)13-25-22-21(18)23(30)27-24(26-22)28-7-9-31-10-8-28/h3-6,13-14,17H,7-12H2,1-2H3,(H,25,26,27,30). The summed E-state index contributed by atoms with van der Waals surface area (Å²) in [5.41, 5.74) is 3.88. The zero-order valence-corrected chi connectivity index (χ0v) is 17.9. The molecule has 0 amide bonds. The molecule has 1 saturated heterocycles. The van der Waals surface area contributed by atoms with E-state index in [1.807, 2.05) is 4.90 Å². The topological polar surface area (TPSA) is 88.2 Å². The van der Waals surface area contributed by atoms with Crippen molar-refractivity contribution in [3.8, 4) is 0 Å². The molecule has 7 nitrogen and oxygen atoms in total. The van der Waals surface area contributed by atoms with Crippen molar-refractivity contribution in [2.45, 2.75) is 38.5 Å². The van der Waals surface area contributed by atoms with Gasteiger partial charge in [-0.15, -0.1) is 0 Å². The smallest absolute Gasteiger partial charge is 0.262 e. The maximum atomic E-state index is 13.1. The number of benzene rings is 1. The van der Waals surface area contributed by atoms with E-state index in [9.17, 15) is 9.59 Å². The van der Waals surface area contributed by atoms with Gasteiger partial charge >= 0.3 is 0 Å². The van der Waals surface area contributed by atoms with Gasteiger partial charge in [0.15, 0.2) is 11.4 Å². The number of ketones is 1. The van der Waals surface area contributed by atoms with Gasteiger partial charge in [0, 0.05) is 31.3 Å². The summed E-state index contributed by atoms with van der Waals surface area (Å²) in [4.78, 5) is 39.9. The number of rotatable bonds is 3. The van der Waals surface area contributed by atoms with Gasteiger partial charge in [0.2, 0.25) is 5.95 Å².